The number of benzene rings is 2. The van der Waals surface area contributed by atoms with Gasteiger partial charge in [-0.05, 0) is 56.1 Å². The lowest BCUT2D eigenvalue weighted by molar-refractivity contribution is -0.115. The van der Waals surface area contributed by atoms with Crippen LogP contribution < -0.4 is 10.6 Å². The third kappa shape index (κ3) is 3.53. The highest BCUT2D eigenvalue weighted by molar-refractivity contribution is 5.92. The molecular weight excluding hydrogens is 357 g/mol. The summed E-state index contributed by atoms with van der Waals surface area (Å²) in [7, 11) is 0. The highest BCUT2D eigenvalue weighted by Crippen LogP contribution is 2.24. The molecule has 0 fully saturated rings. The van der Waals surface area contributed by atoms with E-state index >= 15 is 0 Å². The van der Waals surface area contributed by atoms with Crippen LogP contribution in [-0.2, 0) is 24.2 Å². The SMILES string of the molecule is Cc1ccc(-n2nnc(CC(=O)Nc3ccc4c(c3F)CCNC4)c2C)cc1. The van der Waals surface area contributed by atoms with E-state index in [1.54, 1.807) is 10.7 Å². The molecule has 0 radical (unpaired) electrons. The number of hydrogen-bond donors (Lipinski definition) is 2. The maximum atomic E-state index is 14.7. The first-order chi connectivity index (χ1) is 13.5. The van der Waals surface area contributed by atoms with Gasteiger partial charge in [-0.3, -0.25) is 4.79 Å². The van der Waals surface area contributed by atoms with Crippen LogP contribution in [-0.4, -0.2) is 27.4 Å². The molecule has 0 atom stereocenters. The predicted octanol–water partition coefficient (Wildman–Crippen LogP) is 2.85. The van der Waals surface area contributed by atoms with Crippen molar-refractivity contribution in [3.05, 3.63) is 70.3 Å². The van der Waals surface area contributed by atoms with Gasteiger partial charge < -0.3 is 10.6 Å². The van der Waals surface area contributed by atoms with Crippen LogP contribution in [0.15, 0.2) is 36.4 Å². The van der Waals surface area contributed by atoms with Gasteiger partial charge in [0.2, 0.25) is 5.91 Å². The van der Waals surface area contributed by atoms with E-state index in [1.807, 2.05) is 44.2 Å². The molecule has 1 aliphatic rings. The quantitative estimate of drug-likeness (QED) is 0.731. The summed E-state index contributed by atoms with van der Waals surface area (Å²) in [6, 6.07) is 11.4. The average molecular weight is 379 g/mol. The minimum Gasteiger partial charge on any atom is -0.323 e. The second-order valence-corrected chi connectivity index (χ2v) is 7.09. The van der Waals surface area contributed by atoms with Gasteiger partial charge in [0.15, 0.2) is 0 Å². The smallest absolute Gasteiger partial charge is 0.230 e. The number of fused-ring (bicyclic) bond motifs is 1. The van der Waals surface area contributed by atoms with E-state index in [2.05, 4.69) is 20.9 Å². The summed E-state index contributed by atoms with van der Waals surface area (Å²) in [5, 5.41) is 14.2. The van der Waals surface area contributed by atoms with Gasteiger partial charge in [-0.25, -0.2) is 9.07 Å². The molecule has 2 N–H and O–H groups in total. The van der Waals surface area contributed by atoms with Gasteiger partial charge in [-0.15, -0.1) is 5.10 Å². The fraction of sp³-hybridized carbons (Fsp3) is 0.286. The number of nitrogens with one attached hydrogen (secondary N) is 2. The molecule has 0 spiro atoms. The van der Waals surface area contributed by atoms with E-state index in [1.165, 1.54) is 0 Å². The first kappa shape index (κ1) is 18.3. The third-order valence-electron chi connectivity index (χ3n) is 5.08. The molecule has 0 saturated carbocycles. The van der Waals surface area contributed by atoms with Gasteiger partial charge >= 0.3 is 0 Å². The molecule has 4 rings (SSSR count). The van der Waals surface area contributed by atoms with Gasteiger partial charge in [-0.1, -0.05) is 29.0 Å². The standard InChI is InChI=1S/C21H22FN5O/c1-13-3-6-16(7-4-13)27-14(2)19(25-26-27)11-20(28)24-18-8-5-15-12-23-10-9-17(15)21(18)22/h3-8,23H,9-12H2,1-2H3,(H,24,28). The molecule has 3 aromatic rings. The summed E-state index contributed by atoms with van der Waals surface area (Å²) < 4.78 is 16.4. The van der Waals surface area contributed by atoms with Crippen LogP contribution in [0.4, 0.5) is 10.1 Å². The Kier molecular flexibility index (Phi) is 4.92. The fourth-order valence-electron chi connectivity index (χ4n) is 3.43. The van der Waals surface area contributed by atoms with Crippen molar-refractivity contribution in [3.8, 4) is 5.69 Å². The van der Waals surface area contributed by atoms with Gasteiger partial charge in [0, 0.05) is 6.54 Å². The Hall–Kier alpha value is -3.06. The Balaban J connectivity index is 1.50. The molecule has 2 heterocycles. The van der Waals surface area contributed by atoms with Crippen molar-refractivity contribution < 1.29 is 9.18 Å². The topological polar surface area (TPSA) is 71.8 Å². The highest BCUT2D eigenvalue weighted by Gasteiger charge is 2.19. The zero-order chi connectivity index (χ0) is 19.7. The number of carbonyl (C=O) groups is 1. The summed E-state index contributed by atoms with van der Waals surface area (Å²) in [5.74, 6) is -0.653. The average Bonchev–Trinajstić information content (AvgIpc) is 3.05. The van der Waals surface area contributed by atoms with Gasteiger partial charge in [-0.2, -0.15) is 0 Å². The Labute approximate surface area is 162 Å². The van der Waals surface area contributed by atoms with Crippen molar-refractivity contribution >= 4 is 11.6 Å². The van der Waals surface area contributed by atoms with Crippen molar-refractivity contribution in [1.82, 2.24) is 20.3 Å². The second-order valence-electron chi connectivity index (χ2n) is 7.09. The summed E-state index contributed by atoms with van der Waals surface area (Å²) in [6.07, 6.45) is 0.657. The molecule has 6 nitrogen and oxygen atoms in total. The first-order valence-electron chi connectivity index (χ1n) is 9.32. The number of aromatic nitrogens is 3. The van der Waals surface area contributed by atoms with E-state index in [0.29, 0.717) is 24.2 Å². The summed E-state index contributed by atoms with van der Waals surface area (Å²) >= 11 is 0. The van der Waals surface area contributed by atoms with Crippen LogP contribution in [0.1, 0.15) is 28.1 Å². The molecule has 144 valence electrons. The number of halogens is 1. The molecule has 1 aromatic heterocycles. The molecule has 2 aromatic carbocycles. The van der Waals surface area contributed by atoms with E-state index in [0.717, 1.165) is 29.1 Å². The number of hydrogen-bond acceptors (Lipinski definition) is 4. The van der Waals surface area contributed by atoms with Crippen LogP contribution in [0, 0.1) is 19.7 Å². The second kappa shape index (κ2) is 7.52. The zero-order valence-corrected chi connectivity index (χ0v) is 15.9. The van der Waals surface area contributed by atoms with Gasteiger partial charge in [0.1, 0.15) is 5.82 Å². The normalized spacial score (nSPS) is 13.2. The van der Waals surface area contributed by atoms with Crippen LogP contribution >= 0.6 is 0 Å². The van der Waals surface area contributed by atoms with Crippen LogP contribution in [0.25, 0.3) is 5.69 Å². The largest absolute Gasteiger partial charge is 0.323 e. The minimum absolute atomic E-state index is 0.0375. The number of rotatable bonds is 4. The molecule has 0 bridgehead atoms. The van der Waals surface area contributed by atoms with E-state index in [-0.39, 0.29) is 23.8 Å². The summed E-state index contributed by atoms with van der Waals surface area (Å²) in [4.78, 5) is 12.5. The van der Waals surface area contributed by atoms with E-state index in [9.17, 15) is 9.18 Å². The summed E-state index contributed by atoms with van der Waals surface area (Å²) in [5.41, 5.74) is 5.24. The van der Waals surface area contributed by atoms with Crippen molar-refractivity contribution in [2.24, 2.45) is 0 Å². The molecular formula is C21H22FN5O. The molecule has 7 heteroatoms. The zero-order valence-electron chi connectivity index (χ0n) is 15.9. The van der Waals surface area contributed by atoms with Crippen molar-refractivity contribution in [3.63, 3.8) is 0 Å². The first-order valence-corrected chi connectivity index (χ1v) is 9.32. The Morgan fingerprint density at radius 3 is 2.79 bits per heavy atom. The number of anilines is 1. The van der Waals surface area contributed by atoms with Crippen molar-refractivity contribution in [2.75, 3.05) is 11.9 Å². The molecule has 1 amide bonds. The van der Waals surface area contributed by atoms with Crippen molar-refractivity contribution in [2.45, 2.75) is 33.2 Å². The Bertz CT molecular complexity index is 1030. The maximum absolute atomic E-state index is 14.7. The van der Waals surface area contributed by atoms with Crippen LogP contribution in [0.3, 0.4) is 0 Å². The number of amides is 1. The fourth-order valence-corrected chi connectivity index (χ4v) is 3.43. The monoisotopic (exact) mass is 379 g/mol. The number of carbonyl (C=O) groups excluding carboxylic acids is 1. The van der Waals surface area contributed by atoms with Crippen LogP contribution in [0.2, 0.25) is 0 Å². The Morgan fingerprint density at radius 1 is 1.21 bits per heavy atom. The molecule has 1 aliphatic heterocycles. The lowest BCUT2D eigenvalue weighted by Crippen LogP contribution is -2.25. The highest BCUT2D eigenvalue weighted by atomic mass is 19.1. The van der Waals surface area contributed by atoms with Crippen LogP contribution in [0.5, 0.6) is 0 Å². The lowest BCUT2D eigenvalue weighted by atomic mass is 9.99. The molecule has 0 saturated heterocycles. The Morgan fingerprint density at radius 2 is 2.00 bits per heavy atom. The van der Waals surface area contributed by atoms with E-state index < -0.39 is 0 Å². The van der Waals surface area contributed by atoms with Gasteiger partial charge in [0.05, 0.1) is 29.2 Å². The van der Waals surface area contributed by atoms with Crippen molar-refractivity contribution in [1.29, 1.82) is 0 Å². The van der Waals surface area contributed by atoms with E-state index in [4.69, 9.17) is 0 Å². The lowest BCUT2D eigenvalue weighted by Gasteiger charge is -2.19. The molecule has 0 unspecified atom stereocenters. The number of nitrogens with zero attached hydrogens (tertiary/aromatic N) is 3. The van der Waals surface area contributed by atoms with Gasteiger partial charge in [0.25, 0.3) is 0 Å². The third-order valence-corrected chi connectivity index (χ3v) is 5.08. The maximum Gasteiger partial charge on any atom is 0.230 e. The minimum atomic E-state index is -0.340. The number of aryl methyl sites for hydroxylation is 1. The predicted molar refractivity (Wildman–Crippen MR) is 105 cm³/mol. The molecule has 28 heavy (non-hydrogen) atoms. The molecule has 0 aliphatic carbocycles. The summed E-state index contributed by atoms with van der Waals surface area (Å²) in [6.45, 7) is 5.28.